The van der Waals surface area contributed by atoms with Gasteiger partial charge in [0.2, 0.25) is 5.88 Å². The topological polar surface area (TPSA) is 39.9 Å². The molecular formula is C32H27N3O. The van der Waals surface area contributed by atoms with E-state index < -0.39 is 0 Å². The highest BCUT2D eigenvalue weighted by molar-refractivity contribution is 6.10. The fourth-order valence-corrected chi connectivity index (χ4v) is 4.87. The first-order chi connectivity index (χ1) is 17.7. The van der Waals surface area contributed by atoms with Crippen LogP contribution in [0.2, 0.25) is 0 Å². The zero-order chi connectivity index (χ0) is 24.5. The van der Waals surface area contributed by atoms with Gasteiger partial charge in [0.05, 0.1) is 11.0 Å². The van der Waals surface area contributed by atoms with Gasteiger partial charge < -0.3 is 4.74 Å². The minimum atomic E-state index is 0.615. The van der Waals surface area contributed by atoms with Crippen molar-refractivity contribution in [1.29, 1.82) is 0 Å². The van der Waals surface area contributed by atoms with Crippen LogP contribution in [0, 0.1) is 0 Å². The maximum Gasteiger partial charge on any atom is 0.219 e. The van der Waals surface area contributed by atoms with Crippen molar-refractivity contribution in [2.24, 2.45) is 0 Å². The fraction of sp³-hybridized carbons (Fsp3) is 0.125. The molecule has 0 aliphatic rings. The zero-order valence-corrected chi connectivity index (χ0v) is 20.5. The number of para-hydroxylation sites is 1. The molecule has 4 heteroatoms. The van der Waals surface area contributed by atoms with Gasteiger partial charge in [0.15, 0.2) is 0 Å². The normalized spacial score (nSPS) is 11.3. The molecule has 0 fully saturated rings. The lowest BCUT2D eigenvalue weighted by atomic mass is 10.0. The highest BCUT2D eigenvalue weighted by Gasteiger charge is 2.16. The van der Waals surface area contributed by atoms with E-state index in [4.69, 9.17) is 9.72 Å². The summed E-state index contributed by atoms with van der Waals surface area (Å²) < 4.78 is 8.41. The SMILES string of the molecule is CCc1ccnc(Oc2cccc(-c3ccc4c5ccccc5n(-c5ncccc5CC)c4c3)c2)c1. The molecule has 4 nitrogen and oxygen atoms in total. The van der Waals surface area contributed by atoms with Crippen molar-refractivity contribution in [2.45, 2.75) is 26.7 Å². The van der Waals surface area contributed by atoms with Crippen LogP contribution in [-0.4, -0.2) is 14.5 Å². The molecule has 0 amide bonds. The molecule has 0 radical (unpaired) electrons. The molecule has 176 valence electrons. The molecule has 3 aromatic heterocycles. The fourth-order valence-electron chi connectivity index (χ4n) is 4.87. The molecule has 0 N–H and O–H groups in total. The quantitative estimate of drug-likeness (QED) is 0.247. The lowest BCUT2D eigenvalue weighted by Gasteiger charge is -2.12. The van der Waals surface area contributed by atoms with Crippen LogP contribution in [0.15, 0.2) is 103 Å². The molecular weight excluding hydrogens is 442 g/mol. The van der Waals surface area contributed by atoms with E-state index in [0.717, 1.165) is 46.6 Å². The second-order valence-electron chi connectivity index (χ2n) is 8.91. The van der Waals surface area contributed by atoms with E-state index in [-0.39, 0.29) is 0 Å². The van der Waals surface area contributed by atoms with E-state index in [0.29, 0.717) is 5.88 Å². The van der Waals surface area contributed by atoms with Crippen LogP contribution in [0.4, 0.5) is 0 Å². The van der Waals surface area contributed by atoms with E-state index in [2.05, 4.69) is 84.1 Å². The molecule has 3 heterocycles. The van der Waals surface area contributed by atoms with Gasteiger partial charge in [-0.2, -0.15) is 0 Å². The third kappa shape index (κ3) is 3.91. The molecule has 3 aromatic carbocycles. The highest BCUT2D eigenvalue weighted by atomic mass is 16.5. The van der Waals surface area contributed by atoms with Gasteiger partial charge in [-0.1, -0.05) is 62.4 Å². The largest absolute Gasteiger partial charge is 0.439 e. The number of hydrogen-bond acceptors (Lipinski definition) is 3. The molecule has 0 bridgehead atoms. The summed E-state index contributed by atoms with van der Waals surface area (Å²) in [6.07, 6.45) is 5.54. The Kier molecular flexibility index (Phi) is 5.70. The number of benzene rings is 3. The standard InChI is InChI=1S/C32H27N3O/c1-3-22-16-18-33-31(19-22)36-26-11-7-9-24(20-26)25-14-15-28-27-12-5-6-13-29(27)35(30(28)21-25)32-23(4-2)10-8-17-34-32/h5-21H,3-4H2,1-2H3. The van der Waals surface area contributed by atoms with Crippen molar-refractivity contribution in [2.75, 3.05) is 0 Å². The Hall–Kier alpha value is -4.44. The monoisotopic (exact) mass is 469 g/mol. The summed E-state index contributed by atoms with van der Waals surface area (Å²) in [6.45, 7) is 4.31. The molecule has 36 heavy (non-hydrogen) atoms. The number of aromatic nitrogens is 3. The number of ether oxygens (including phenoxy) is 1. The third-order valence-corrected chi connectivity index (χ3v) is 6.73. The van der Waals surface area contributed by atoms with Crippen molar-refractivity contribution in [3.8, 4) is 28.6 Å². The van der Waals surface area contributed by atoms with Gasteiger partial charge in [0, 0.05) is 29.2 Å². The molecule has 0 spiro atoms. The molecule has 6 aromatic rings. The Balaban J connectivity index is 1.48. The van der Waals surface area contributed by atoms with Crippen LogP contribution in [-0.2, 0) is 12.8 Å². The second-order valence-corrected chi connectivity index (χ2v) is 8.91. The predicted molar refractivity (Wildman–Crippen MR) is 147 cm³/mol. The van der Waals surface area contributed by atoms with Gasteiger partial charge in [-0.3, -0.25) is 4.57 Å². The van der Waals surface area contributed by atoms with Crippen molar-refractivity contribution in [1.82, 2.24) is 14.5 Å². The van der Waals surface area contributed by atoms with Gasteiger partial charge in [-0.25, -0.2) is 9.97 Å². The average molecular weight is 470 g/mol. The molecule has 0 aliphatic heterocycles. The lowest BCUT2D eigenvalue weighted by Crippen LogP contribution is -2.01. The summed E-state index contributed by atoms with van der Waals surface area (Å²) >= 11 is 0. The Morgan fingerprint density at radius 3 is 2.42 bits per heavy atom. The summed E-state index contributed by atoms with van der Waals surface area (Å²) in [4.78, 5) is 9.18. The molecule has 0 unspecified atom stereocenters. The molecule has 0 atom stereocenters. The first-order valence-corrected chi connectivity index (χ1v) is 12.5. The summed E-state index contributed by atoms with van der Waals surface area (Å²) in [5.41, 5.74) is 6.96. The van der Waals surface area contributed by atoms with Crippen LogP contribution in [0.25, 0.3) is 38.8 Å². The van der Waals surface area contributed by atoms with Crippen molar-refractivity contribution in [3.05, 3.63) is 115 Å². The van der Waals surface area contributed by atoms with E-state index >= 15 is 0 Å². The number of nitrogens with zero attached hydrogens (tertiary/aromatic N) is 3. The minimum Gasteiger partial charge on any atom is -0.439 e. The first-order valence-electron chi connectivity index (χ1n) is 12.5. The van der Waals surface area contributed by atoms with Crippen molar-refractivity contribution in [3.63, 3.8) is 0 Å². The molecule has 0 aliphatic carbocycles. The summed E-state index contributed by atoms with van der Waals surface area (Å²) in [5, 5.41) is 2.45. The van der Waals surface area contributed by atoms with Crippen LogP contribution in [0.3, 0.4) is 0 Å². The summed E-state index contributed by atoms with van der Waals surface area (Å²) in [6, 6.07) is 31.6. The maximum atomic E-state index is 6.12. The number of hydrogen-bond donors (Lipinski definition) is 0. The minimum absolute atomic E-state index is 0.615. The third-order valence-electron chi connectivity index (χ3n) is 6.73. The van der Waals surface area contributed by atoms with E-state index in [1.807, 2.05) is 36.5 Å². The highest BCUT2D eigenvalue weighted by Crippen LogP contribution is 2.36. The Morgan fingerprint density at radius 1 is 0.667 bits per heavy atom. The zero-order valence-electron chi connectivity index (χ0n) is 20.5. The Morgan fingerprint density at radius 2 is 1.53 bits per heavy atom. The summed E-state index contributed by atoms with van der Waals surface area (Å²) in [7, 11) is 0. The molecule has 0 saturated carbocycles. The van der Waals surface area contributed by atoms with Crippen molar-refractivity contribution >= 4 is 21.8 Å². The number of rotatable bonds is 6. The smallest absolute Gasteiger partial charge is 0.219 e. The van der Waals surface area contributed by atoms with Gasteiger partial charge >= 0.3 is 0 Å². The molecule has 6 rings (SSSR count). The second kappa shape index (κ2) is 9.31. The van der Waals surface area contributed by atoms with Crippen LogP contribution in [0.1, 0.15) is 25.0 Å². The predicted octanol–water partition coefficient (Wildman–Crippen LogP) is 8.16. The average Bonchev–Trinajstić information content (AvgIpc) is 3.27. The van der Waals surface area contributed by atoms with E-state index in [1.54, 1.807) is 6.20 Å². The van der Waals surface area contributed by atoms with E-state index in [1.165, 1.54) is 21.9 Å². The number of pyridine rings is 2. The van der Waals surface area contributed by atoms with Gasteiger partial charge in [-0.15, -0.1) is 0 Å². The maximum absolute atomic E-state index is 6.12. The van der Waals surface area contributed by atoms with Crippen LogP contribution >= 0.6 is 0 Å². The summed E-state index contributed by atoms with van der Waals surface area (Å²) in [5.74, 6) is 2.37. The van der Waals surface area contributed by atoms with Crippen LogP contribution in [0.5, 0.6) is 11.6 Å². The Bertz CT molecular complexity index is 1700. The lowest BCUT2D eigenvalue weighted by molar-refractivity contribution is 0.462. The van der Waals surface area contributed by atoms with Gasteiger partial charge in [0.25, 0.3) is 0 Å². The first kappa shape index (κ1) is 22.1. The van der Waals surface area contributed by atoms with Gasteiger partial charge in [-0.05, 0) is 71.5 Å². The van der Waals surface area contributed by atoms with Gasteiger partial charge in [0.1, 0.15) is 11.6 Å². The number of fused-ring (bicyclic) bond motifs is 3. The number of aryl methyl sites for hydroxylation is 2. The Labute approximate surface area is 210 Å². The van der Waals surface area contributed by atoms with Crippen LogP contribution < -0.4 is 4.74 Å². The van der Waals surface area contributed by atoms with E-state index in [9.17, 15) is 0 Å². The molecule has 0 saturated heterocycles. The van der Waals surface area contributed by atoms with Crippen molar-refractivity contribution < 1.29 is 4.74 Å².